The first kappa shape index (κ1) is 13.6. The Morgan fingerprint density at radius 3 is 2.85 bits per heavy atom. The minimum Gasteiger partial charge on any atom is -0.312 e. The van der Waals surface area contributed by atoms with E-state index >= 15 is 0 Å². The third-order valence-electron chi connectivity index (χ3n) is 3.79. The summed E-state index contributed by atoms with van der Waals surface area (Å²) in [4.78, 5) is 14.9. The van der Waals surface area contributed by atoms with Crippen molar-refractivity contribution >= 4 is 11.3 Å². The van der Waals surface area contributed by atoms with Crippen LogP contribution in [0.2, 0.25) is 0 Å². The smallest absolute Gasteiger partial charge is 0.142 e. The summed E-state index contributed by atoms with van der Waals surface area (Å²) in [6, 6.07) is 2.35. The second-order valence-electron chi connectivity index (χ2n) is 6.21. The second kappa shape index (κ2) is 4.90. The van der Waals surface area contributed by atoms with Crippen LogP contribution in [0.1, 0.15) is 42.7 Å². The molecule has 20 heavy (non-hydrogen) atoms. The number of thiazole rings is 1. The largest absolute Gasteiger partial charge is 0.312 e. The van der Waals surface area contributed by atoms with Crippen LogP contribution in [-0.4, -0.2) is 22.0 Å². The number of nitrogens with zero attached hydrogens (tertiary/aromatic N) is 3. The first-order valence-electron chi connectivity index (χ1n) is 6.95. The van der Waals surface area contributed by atoms with E-state index < -0.39 is 0 Å². The molecule has 2 aromatic rings. The highest BCUT2D eigenvalue weighted by molar-refractivity contribution is 7.15. The Balaban J connectivity index is 2.04. The molecule has 106 valence electrons. The Kier molecular flexibility index (Phi) is 3.34. The van der Waals surface area contributed by atoms with Gasteiger partial charge in [0.05, 0.1) is 5.69 Å². The summed E-state index contributed by atoms with van der Waals surface area (Å²) >= 11 is 1.77. The monoisotopic (exact) mass is 288 g/mol. The van der Waals surface area contributed by atoms with Crippen LogP contribution in [0.3, 0.4) is 0 Å². The zero-order chi connectivity index (χ0) is 14.3. The lowest BCUT2D eigenvalue weighted by atomic mass is 9.76. The predicted molar refractivity (Wildman–Crippen MR) is 81.8 cm³/mol. The van der Waals surface area contributed by atoms with Crippen molar-refractivity contribution in [2.75, 3.05) is 7.05 Å². The molecular weight excluding hydrogens is 268 g/mol. The molecule has 1 aliphatic carbocycles. The maximum atomic E-state index is 4.84. The molecule has 1 aliphatic rings. The average molecular weight is 288 g/mol. The molecule has 3 rings (SSSR count). The van der Waals surface area contributed by atoms with Gasteiger partial charge in [-0.2, -0.15) is 0 Å². The van der Waals surface area contributed by atoms with Crippen molar-refractivity contribution < 1.29 is 0 Å². The highest BCUT2D eigenvalue weighted by atomic mass is 32.1. The maximum absolute atomic E-state index is 4.84. The summed E-state index contributed by atoms with van der Waals surface area (Å²) in [5, 5.41) is 4.44. The molecule has 0 fully saturated rings. The molecule has 0 saturated carbocycles. The van der Waals surface area contributed by atoms with Crippen LogP contribution in [0.25, 0.3) is 10.7 Å². The van der Waals surface area contributed by atoms with Crippen molar-refractivity contribution in [3.63, 3.8) is 0 Å². The molecule has 0 aliphatic heterocycles. The zero-order valence-electron chi connectivity index (χ0n) is 12.4. The lowest BCUT2D eigenvalue weighted by Gasteiger charge is -2.34. The van der Waals surface area contributed by atoms with Crippen molar-refractivity contribution in [3.8, 4) is 10.7 Å². The van der Waals surface area contributed by atoms with Gasteiger partial charge in [-0.15, -0.1) is 11.3 Å². The van der Waals surface area contributed by atoms with Gasteiger partial charge in [0.1, 0.15) is 16.5 Å². The minimum absolute atomic E-state index is 0.299. The van der Waals surface area contributed by atoms with Crippen molar-refractivity contribution in [2.24, 2.45) is 5.41 Å². The molecular formula is C15H20N4S. The topological polar surface area (TPSA) is 50.7 Å². The first-order chi connectivity index (χ1) is 9.48. The molecule has 0 spiro atoms. The van der Waals surface area contributed by atoms with Crippen LogP contribution in [0.15, 0.2) is 12.3 Å². The Labute approximate surface area is 123 Å². The standard InChI is InChI=1S/C15H20N4S/c1-9-17-6-5-10(18-9)14-19-12-8-15(2,3)7-11(16-4)13(12)20-14/h5-6,11,16H,7-8H2,1-4H3. The highest BCUT2D eigenvalue weighted by Gasteiger charge is 2.34. The van der Waals surface area contributed by atoms with Crippen LogP contribution in [0.4, 0.5) is 0 Å². The van der Waals surface area contributed by atoms with E-state index in [-0.39, 0.29) is 0 Å². The van der Waals surface area contributed by atoms with Crippen molar-refractivity contribution in [1.82, 2.24) is 20.3 Å². The van der Waals surface area contributed by atoms with E-state index in [1.165, 1.54) is 10.6 Å². The second-order valence-corrected chi connectivity index (χ2v) is 7.24. The zero-order valence-corrected chi connectivity index (χ0v) is 13.2. The molecule has 1 unspecified atom stereocenters. The van der Waals surface area contributed by atoms with Gasteiger partial charge in [0.15, 0.2) is 0 Å². The normalized spacial score (nSPS) is 20.7. The van der Waals surface area contributed by atoms with Crippen molar-refractivity contribution in [1.29, 1.82) is 0 Å². The van der Waals surface area contributed by atoms with Gasteiger partial charge in [-0.05, 0) is 38.3 Å². The number of fused-ring (bicyclic) bond motifs is 1. The number of hydrogen-bond donors (Lipinski definition) is 1. The summed E-state index contributed by atoms with van der Waals surface area (Å²) in [5.74, 6) is 0.793. The molecule has 2 heterocycles. The van der Waals surface area contributed by atoms with E-state index in [0.717, 1.165) is 29.4 Å². The van der Waals surface area contributed by atoms with Crippen LogP contribution < -0.4 is 5.32 Å². The van der Waals surface area contributed by atoms with Gasteiger partial charge >= 0.3 is 0 Å². The molecule has 1 N–H and O–H groups in total. The SMILES string of the molecule is CNC1CC(C)(C)Cc2nc(-c3ccnc(C)n3)sc21. The predicted octanol–water partition coefficient (Wildman–Crippen LogP) is 3.14. The van der Waals surface area contributed by atoms with E-state index in [4.69, 9.17) is 4.98 Å². The minimum atomic E-state index is 0.299. The molecule has 0 aromatic carbocycles. The van der Waals surface area contributed by atoms with Crippen LogP contribution in [0, 0.1) is 12.3 Å². The summed E-state index contributed by atoms with van der Waals surface area (Å²) in [7, 11) is 2.03. The number of aryl methyl sites for hydroxylation is 1. The van der Waals surface area contributed by atoms with E-state index in [2.05, 4.69) is 29.1 Å². The molecule has 4 nitrogen and oxygen atoms in total. The van der Waals surface area contributed by atoms with Gasteiger partial charge in [-0.3, -0.25) is 0 Å². The van der Waals surface area contributed by atoms with E-state index in [0.29, 0.717) is 11.5 Å². The van der Waals surface area contributed by atoms with Crippen LogP contribution in [-0.2, 0) is 6.42 Å². The Bertz CT molecular complexity index is 633. The summed E-state index contributed by atoms with van der Waals surface area (Å²) in [5.41, 5.74) is 2.47. The van der Waals surface area contributed by atoms with Gasteiger partial charge in [0.25, 0.3) is 0 Å². The van der Waals surface area contributed by atoms with Gasteiger partial charge in [0, 0.05) is 17.1 Å². The quantitative estimate of drug-likeness (QED) is 0.922. The fourth-order valence-corrected chi connectivity index (χ4v) is 4.01. The van der Waals surface area contributed by atoms with Gasteiger partial charge in [-0.25, -0.2) is 15.0 Å². The molecule has 0 saturated heterocycles. The summed E-state index contributed by atoms with van der Waals surface area (Å²) in [6.07, 6.45) is 4.00. The molecule has 0 bridgehead atoms. The third-order valence-corrected chi connectivity index (χ3v) is 5.02. The fourth-order valence-electron chi connectivity index (χ4n) is 2.85. The summed E-state index contributed by atoms with van der Waals surface area (Å²) < 4.78 is 0. The lowest BCUT2D eigenvalue weighted by Crippen LogP contribution is -2.30. The molecule has 5 heteroatoms. The summed E-state index contributed by atoms with van der Waals surface area (Å²) in [6.45, 7) is 6.54. The van der Waals surface area contributed by atoms with Crippen LogP contribution in [0.5, 0.6) is 0 Å². The fraction of sp³-hybridized carbons (Fsp3) is 0.533. The Morgan fingerprint density at radius 2 is 2.15 bits per heavy atom. The molecule has 0 radical (unpaired) electrons. The van der Waals surface area contributed by atoms with Crippen molar-refractivity contribution in [3.05, 3.63) is 28.7 Å². The number of aromatic nitrogens is 3. The van der Waals surface area contributed by atoms with E-state index in [9.17, 15) is 0 Å². The van der Waals surface area contributed by atoms with Gasteiger partial charge in [-0.1, -0.05) is 13.8 Å². The van der Waals surface area contributed by atoms with Gasteiger partial charge < -0.3 is 5.32 Å². The van der Waals surface area contributed by atoms with Crippen molar-refractivity contribution in [2.45, 2.75) is 39.7 Å². The first-order valence-corrected chi connectivity index (χ1v) is 7.77. The lowest BCUT2D eigenvalue weighted by molar-refractivity contribution is 0.265. The molecule has 2 aromatic heterocycles. The molecule has 1 atom stereocenters. The van der Waals surface area contributed by atoms with Gasteiger partial charge in [0.2, 0.25) is 0 Å². The van der Waals surface area contributed by atoms with E-state index in [1.807, 2.05) is 20.0 Å². The third kappa shape index (κ3) is 2.47. The average Bonchev–Trinajstić information content (AvgIpc) is 2.80. The Hall–Kier alpha value is -1.33. The molecule has 0 amide bonds. The van der Waals surface area contributed by atoms with Crippen LogP contribution >= 0.6 is 11.3 Å². The highest BCUT2D eigenvalue weighted by Crippen LogP contribution is 2.44. The number of hydrogen-bond acceptors (Lipinski definition) is 5. The maximum Gasteiger partial charge on any atom is 0.142 e. The van der Waals surface area contributed by atoms with E-state index in [1.54, 1.807) is 17.5 Å². The Morgan fingerprint density at radius 1 is 1.35 bits per heavy atom. The number of rotatable bonds is 2. The number of nitrogens with one attached hydrogen (secondary N) is 1.